The van der Waals surface area contributed by atoms with Gasteiger partial charge >= 0.3 is 0 Å². The second-order valence-electron chi connectivity index (χ2n) is 7.92. The van der Waals surface area contributed by atoms with Crippen LogP contribution in [-0.4, -0.2) is 8.96 Å². The van der Waals surface area contributed by atoms with Gasteiger partial charge in [0.05, 0.1) is 15.7 Å². The van der Waals surface area contributed by atoms with Gasteiger partial charge in [0, 0.05) is 0 Å². The molecule has 108 valence electrons. The van der Waals surface area contributed by atoms with E-state index in [2.05, 4.69) is 12.2 Å². The first kappa shape index (κ1) is 13.8. The van der Waals surface area contributed by atoms with E-state index in [-0.39, 0.29) is 4.75 Å². The second-order valence-corrected chi connectivity index (χ2v) is 9.57. The monoisotopic (exact) mass is 281 g/mol. The Hall–Kier alpha value is -0.150. The molecule has 2 nitrogen and oxygen atoms in total. The highest BCUT2D eigenvalue weighted by molar-refractivity contribution is 7.84. The molecule has 1 unspecified atom stereocenters. The Morgan fingerprint density at radius 1 is 1.16 bits per heavy atom. The van der Waals surface area contributed by atoms with Crippen molar-refractivity contribution < 1.29 is 4.21 Å². The highest BCUT2D eigenvalue weighted by Crippen LogP contribution is 2.61. The normalized spacial score (nSPS) is 43.0. The van der Waals surface area contributed by atoms with Gasteiger partial charge in [-0.15, -0.1) is 0 Å². The second kappa shape index (κ2) is 4.70. The van der Waals surface area contributed by atoms with Gasteiger partial charge in [-0.2, -0.15) is 0 Å². The largest absolute Gasteiger partial charge is 0.251 e. The van der Waals surface area contributed by atoms with E-state index in [1.54, 1.807) is 0 Å². The number of hydrogen-bond acceptors (Lipinski definition) is 1. The maximum atomic E-state index is 11.5. The lowest BCUT2D eigenvalue weighted by Crippen LogP contribution is -2.45. The Kier molecular flexibility index (Phi) is 3.41. The smallest absolute Gasteiger partial charge is 0.0984 e. The van der Waals surface area contributed by atoms with E-state index in [1.165, 1.54) is 44.9 Å². The van der Waals surface area contributed by atoms with Crippen molar-refractivity contribution >= 4 is 11.0 Å². The van der Waals surface area contributed by atoms with Crippen molar-refractivity contribution in [2.45, 2.75) is 63.5 Å². The van der Waals surface area contributed by atoms with Crippen LogP contribution in [-0.2, 0) is 11.0 Å². The summed E-state index contributed by atoms with van der Waals surface area (Å²) in [5.74, 6) is 3.03. The molecule has 0 radical (unpaired) electrons. The van der Waals surface area contributed by atoms with Crippen molar-refractivity contribution in [3.05, 3.63) is 12.2 Å². The number of rotatable bonds is 4. The summed E-state index contributed by atoms with van der Waals surface area (Å²) < 4.78 is 11.1. The fraction of sp³-hybridized carbons (Fsp3) is 0.875. The molecule has 4 rings (SSSR count). The fourth-order valence-electron chi connectivity index (χ4n) is 5.20. The summed E-state index contributed by atoms with van der Waals surface area (Å²) in [5, 5.41) is 5.54. The Morgan fingerprint density at radius 3 is 2.05 bits per heavy atom. The summed E-state index contributed by atoms with van der Waals surface area (Å²) in [6.07, 6.45) is 14.4. The lowest BCUT2D eigenvalue weighted by molar-refractivity contribution is -0.0507. The van der Waals surface area contributed by atoms with Crippen LogP contribution in [0, 0.1) is 23.2 Å². The summed E-state index contributed by atoms with van der Waals surface area (Å²) in [4.78, 5) is 0. The molecular weight excluding hydrogens is 254 g/mol. The molecular formula is C16H27NOS. The molecule has 4 fully saturated rings. The molecule has 0 aliphatic heterocycles. The minimum absolute atomic E-state index is 0.387. The SMILES string of the molecule is CC(C)(/C=C/CC12CC3CC(CC(C3)C1)C2)S(N)=O. The van der Waals surface area contributed by atoms with E-state index in [1.807, 2.05) is 13.8 Å². The van der Waals surface area contributed by atoms with Gasteiger partial charge in [0.15, 0.2) is 0 Å². The summed E-state index contributed by atoms with van der Waals surface area (Å²) in [5.41, 5.74) is 0.581. The highest BCUT2D eigenvalue weighted by atomic mass is 32.2. The van der Waals surface area contributed by atoms with Crippen LogP contribution in [0.3, 0.4) is 0 Å². The van der Waals surface area contributed by atoms with E-state index in [9.17, 15) is 4.21 Å². The highest BCUT2D eigenvalue weighted by Gasteiger charge is 2.50. The van der Waals surface area contributed by atoms with Crippen molar-refractivity contribution in [3.8, 4) is 0 Å². The summed E-state index contributed by atoms with van der Waals surface area (Å²) >= 11 is 0. The van der Waals surface area contributed by atoms with Crippen LogP contribution in [0.1, 0.15) is 58.8 Å². The first-order chi connectivity index (χ1) is 8.89. The lowest BCUT2D eigenvalue weighted by Gasteiger charge is -2.56. The molecule has 0 amide bonds. The van der Waals surface area contributed by atoms with Gasteiger partial charge < -0.3 is 0 Å². The molecule has 0 aromatic heterocycles. The van der Waals surface area contributed by atoms with Crippen molar-refractivity contribution in [3.63, 3.8) is 0 Å². The van der Waals surface area contributed by atoms with Gasteiger partial charge in [0.2, 0.25) is 0 Å². The van der Waals surface area contributed by atoms with E-state index >= 15 is 0 Å². The Labute approximate surface area is 119 Å². The predicted octanol–water partition coefficient (Wildman–Crippen LogP) is 3.55. The van der Waals surface area contributed by atoms with Crippen LogP contribution in [0.5, 0.6) is 0 Å². The summed E-state index contributed by atoms with van der Waals surface area (Å²) in [7, 11) is -1.28. The standard InChI is InChI=1S/C16H27NOS/c1-15(2,19(17)18)4-3-5-16-9-12-6-13(10-16)8-14(7-12)11-16/h3-4,12-14H,5-11,17H2,1-2H3/b4-3+. The van der Waals surface area contributed by atoms with Crippen molar-refractivity contribution in [1.29, 1.82) is 0 Å². The maximum Gasteiger partial charge on any atom is 0.0984 e. The van der Waals surface area contributed by atoms with Gasteiger partial charge in [-0.25, -0.2) is 4.21 Å². The average Bonchev–Trinajstić information content (AvgIpc) is 2.25. The van der Waals surface area contributed by atoms with Gasteiger partial charge in [0.25, 0.3) is 0 Å². The third-order valence-electron chi connectivity index (χ3n) is 5.75. The number of allylic oxidation sites excluding steroid dienone is 1. The van der Waals surface area contributed by atoms with Gasteiger partial charge in [-0.3, -0.25) is 5.14 Å². The maximum absolute atomic E-state index is 11.5. The van der Waals surface area contributed by atoms with E-state index < -0.39 is 11.0 Å². The topological polar surface area (TPSA) is 43.1 Å². The molecule has 2 N–H and O–H groups in total. The van der Waals surface area contributed by atoms with Crippen molar-refractivity contribution in [1.82, 2.24) is 0 Å². The molecule has 1 atom stereocenters. The molecule has 0 saturated heterocycles. The third kappa shape index (κ3) is 2.69. The lowest BCUT2D eigenvalue weighted by atomic mass is 9.49. The molecule has 4 bridgehead atoms. The quantitative estimate of drug-likeness (QED) is 0.787. The third-order valence-corrected chi connectivity index (χ3v) is 6.93. The van der Waals surface area contributed by atoms with E-state index in [4.69, 9.17) is 5.14 Å². The van der Waals surface area contributed by atoms with Crippen LogP contribution in [0.15, 0.2) is 12.2 Å². The van der Waals surface area contributed by atoms with Gasteiger partial charge in [-0.1, -0.05) is 12.2 Å². The first-order valence-corrected chi connectivity index (χ1v) is 8.94. The minimum atomic E-state index is -1.28. The zero-order chi connectivity index (χ0) is 13.7. The molecule has 3 heteroatoms. The van der Waals surface area contributed by atoms with Gasteiger partial charge in [0.1, 0.15) is 0 Å². The van der Waals surface area contributed by atoms with Crippen LogP contribution >= 0.6 is 0 Å². The molecule has 4 aliphatic rings. The fourth-order valence-corrected chi connectivity index (χ4v) is 5.43. The molecule has 0 spiro atoms. The Morgan fingerprint density at radius 2 is 1.63 bits per heavy atom. The molecule has 19 heavy (non-hydrogen) atoms. The zero-order valence-corrected chi connectivity index (χ0v) is 13.0. The predicted molar refractivity (Wildman–Crippen MR) is 80.8 cm³/mol. The van der Waals surface area contributed by atoms with Crippen molar-refractivity contribution in [2.24, 2.45) is 28.3 Å². The molecule has 0 heterocycles. The molecule has 0 aromatic rings. The van der Waals surface area contributed by atoms with Crippen molar-refractivity contribution in [2.75, 3.05) is 0 Å². The number of nitrogens with two attached hydrogens (primary N) is 1. The average molecular weight is 281 g/mol. The first-order valence-electron chi connectivity index (χ1n) is 7.73. The molecule has 0 aromatic carbocycles. The Bertz CT molecular complexity index is 378. The minimum Gasteiger partial charge on any atom is -0.251 e. The number of hydrogen-bond donors (Lipinski definition) is 1. The summed E-state index contributed by atoms with van der Waals surface area (Å²) in [6.45, 7) is 3.92. The zero-order valence-electron chi connectivity index (χ0n) is 12.2. The van der Waals surface area contributed by atoms with Crippen LogP contribution in [0.4, 0.5) is 0 Å². The van der Waals surface area contributed by atoms with Crippen LogP contribution in [0.25, 0.3) is 0 Å². The van der Waals surface area contributed by atoms with Crippen LogP contribution < -0.4 is 5.14 Å². The van der Waals surface area contributed by atoms with E-state index in [0.717, 1.165) is 17.8 Å². The summed E-state index contributed by atoms with van der Waals surface area (Å²) in [6, 6.07) is 0. The Balaban J connectivity index is 1.67. The molecule has 4 aliphatic carbocycles. The van der Waals surface area contributed by atoms with Crippen LogP contribution in [0.2, 0.25) is 0 Å². The van der Waals surface area contributed by atoms with E-state index in [0.29, 0.717) is 5.41 Å². The van der Waals surface area contributed by atoms with Gasteiger partial charge in [-0.05, 0) is 82.0 Å². The molecule has 4 saturated carbocycles.